The van der Waals surface area contributed by atoms with Gasteiger partial charge in [-0.1, -0.05) is 57.2 Å². The minimum atomic E-state index is -4.51. The first-order valence-electron chi connectivity index (χ1n) is 27.0. The molecule has 79 heavy (non-hydrogen) atoms. The molecule has 0 aromatic heterocycles. The number of anilines is 1. The number of aryl methyl sites for hydroxylation is 1. The van der Waals surface area contributed by atoms with Crippen LogP contribution in [0.5, 0.6) is 5.75 Å². The number of imide groups is 1. The Labute approximate surface area is 469 Å². The Morgan fingerprint density at radius 1 is 0.886 bits per heavy atom. The molecule has 0 radical (unpaired) electrons. The Bertz CT molecular complexity index is 3110. The lowest BCUT2D eigenvalue weighted by Gasteiger charge is -2.44. The number of nitrogens with zero attached hydrogens (tertiary/aromatic N) is 3. The van der Waals surface area contributed by atoms with E-state index in [2.05, 4.69) is 73.4 Å². The Morgan fingerprint density at radius 3 is 2.22 bits per heavy atom. The molecule has 2 aromatic rings. The fourth-order valence-corrected chi connectivity index (χ4v) is 12.9. The molecule has 0 bridgehead atoms. The first kappa shape index (κ1) is 61.4. The maximum absolute atomic E-state index is 12.5. The molecule has 3 heterocycles. The molecule has 2 amide bonds. The number of hydrogen-bond acceptors (Lipinski definition) is 15. The van der Waals surface area contributed by atoms with E-state index in [1.54, 1.807) is 0 Å². The number of unbranched alkanes of at least 4 members (excludes halogenated alkanes) is 4. The number of carbonyl (C=O) groups is 3. The minimum Gasteiger partial charge on any atom is -0.457 e. The second-order valence-electron chi connectivity index (χ2n) is 22.8. The number of carbonyl (C=O) groups excluding carboxylic acids is 3. The molecule has 0 saturated carbocycles. The number of hydrogen-bond donors (Lipinski definition) is 3. The van der Waals surface area contributed by atoms with Crippen molar-refractivity contribution in [2.24, 2.45) is 16.7 Å². The van der Waals surface area contributed by atoms with Crippen molar-refractivity contribution in [2.45, 2.75) is 167 Å². The average Bonchev–Trinajstić information content (AvgIpc) is 4.23. The standard InChI is InChI=1S/C58H75N3O15S3/c1-10-11-30-60-49(58(9,57(7,8)37-72-56(4,5)6)48-36-45(77-76-75-65)32-38(2)54(48)60)27-21-41-18-16-17-40(55(41)73-44-23-25-46(26-24-44)78(66,67)68)20-22-43-34-42-35-47(79(69,70)71)33-39(3)53(42)59(43)31-15-13-12-14-19-52(64)74-61-50(62)28-29-51(61)63/h20-27,32-33,35-36,48,54H,10-19,28-31,34,37H2,1-9H3,(H2-,65,66,67,68,69,70,71)/p+1. The van der Waals surface area contributed by atoms with Gasteiger partial charge in [0, 0.05) is 66.4 Å². The van der Waals surface area contributed by atoms with Crippen molar-refractivity contribution in [2.75, 3.05) is 24.6 Å². The fraction of sp³-hybridized carbons (Fsp3) is 0.517. The third-order valence-electron chi connectivity index (χ3n) is 15.6. The fourth-order valence-electron chi connectivity index (χ4n) is 11.3. The summed E-state index contributed by atoms with van der Waals surface area (Å²) in [7, 11) is -9.00. The van der Waals surface area contributed by atoms with Crippen LogP contribution in [0.2, 0.25) is 0 Å². The van der Waals surface area contributed by atoms with Crippen LogP contribution in [0.25, 0.3) is 0 Å². The van der Waals surface area contributed by atoms with Gasteiger partial charge in [0.15, 0.2) is 11.8 Å². The summed E-state index contributed by atoms with van der Waals surface area (Å²) in [5.74, 6) is -0.845. The molecule has 2 aliphatic carbocycles. The van der Waals surface area contributed by atoms with Crippen molar-refractivity contribution in [3.05, 3.63) is 117 Å². The SMILES string of the molecule is CCCC[N+]1=C(/C=C/C2=C(Oc3ccc(S(=O)(=O)O)cc3)C(=C/C=C3\Cc4cc(S(=O)(=O)O)cc(C)c4N3CCCCCCC(=O)ON3C(=O)CCC3=O)/CCC2)C(C)(C(C)(C)COC(C)(C)C)C2C=C(SOOO)C=C(C)C21. The summed E-state index contributed by atoms with van der Waals surface area (Å²) >= 11 is 0.947. The maximum atomic E-state index is 12.5. The lowest BCUT2D eigenvalue weighted by atomic mass is 9.56. The Hall–Kier alpha value is -5.23. The lowest BCUT2D eigenvalue weighted by molar-refractivity contribution is -0.553. The van der Waals surface area contributed by atoms with E-state index in [0.717, 1.165) is 88.6 Å². The molecule has 430 valence electrons. The zero-order chi connectivity index (χ0) is 57.7. The third-order valence-corrected chi connectivity index (χ3v) is 17.9. The molecule has 5 aliphatic rings. The van der Waals surface area contributed by atoms with E-state index < -0.39 is 54.5 Å². The average molecular weight is 1150 g/mol. The monoisotopic (exact) mass is 1150 g/mol. The number of hydroxylamine groups is 2. The molecule has 21 heteroatoms. The van der Waals surface area contributed by atoms with Gasteiger partial charge in [0.05, 0.1) is 45.4 Å². The van der Waals surface area contributed by atoms with E-state index in [1.807, 2.05) is 39.8 Å². The first-order chi connectivity index (χ1) is 37.2. The first-order valence-corrected chi connectivity index (χ1v) is 30.6. The number of allylic oxidation sites excluding steroid dienone is 8. The van der Waals surface area contributed by atoms with Crippen molar-refractivity contribution in [3.63, 3.8) is 0 Å². The van der Waals surface area contributed by atoms with Crippen LogP contribution in [0.15, 0.2) is 116 Å². The van der Waals surface area contributed by atoms with E-state index in [-0.39, 0.29) is 41.0 Å². The quantitative estimate of drug-likeness (QED) is 0.0168. The molecule has 18 nitrogen and oxygen atoms in total. The molecular weight excluding hydrogens is 1070 g/mol. The van der Waals surface area contributed by atoms with Gasteiger partial charge in [0.25, 0.3) is 32.1 Å². The van der Waals surface area contributed by atoms with Gasteiger partial charge in [-0.25, -0.2) is 14.6 Å². The van der Waals surface area contributed by atoms with Gasteiger partial charge in [-0.2, -0.15) is 16.8 Å². The molecule has 2 aromatic carbocycles. The van der Waals surface area contributed by atoms with E-state index in [9.17, 15) is 40.3 Å². The van der Waals surface area contributed by atoms with Crippen LogP contribution in [0.1, 0.15) is 144 Å². The highest BCUT2D eigenvalue weighted by atomic mass is 32.2. The van der Waals surface area contributed by atoms with Gasteiger partial charge in [-0.05, 0) is 156 Å². The summed E-state index contributed by atoms with van der Waals surface area (Å²) in [6, 6.07) is 8.55. The zero-order valence-electron chi connectivity index (χ0n) is 46.7. The summed E-state index contributed by atoms with van der Waals surface area (Å²) < 4.78 is 89.9. The normalized spacial score (nSPS) is 22.2. The van der Waals surface area contributed by atoms with E-state index in [4.69, 9.17) is 23.9 Å². The highest BCUT2D eigenvalue weighted by Gasteiger charge is 2.63. The van der Waals surface area contributed by atoms with E-state index in [1.165, 1.54) is 36.4 Å². The van der Waals surface area contributed by atoms with Crippen molar-refractivity contribution >= 4 is 61.5 Å². The van der Waals surface area contributed by atoms with Crippen LogP contribution in [0.3, 0.4) is 0 Å². The molecule has 1 saturated heterocycles. The molecular formula is C58H76N3O15S3+. The number of benzene rings is 2. The van der Waals surface area contributed by atoms with Crippen molar-refractivity contribution in [1.82, 2.24) is 5.06 Å². The van der Waals surface area contributed by atoms with Crippen LogP contribution in [-0.4, -0.2) is 95.7 Å². The number of amides is 2. The number of rotatable bonds is 24. The second-order valence-corrected chi connectivity index (χ2v) is 26.4. The molecule has 3 atom stereocenters. The molecule has 7 rings (SSSR count). The van der Waals surface area contributed by atoms with E-state index >= 15 is 0 Å². The van der Waals surface area contributed by atoms with Gasteiger partial charge in [0.1, 0.15) is 18.1 Å². The molecule has 3 unspecified atom stereocenters. The smallest absolute Gasteiger partial charge is 0.333 e. The Kier molecular flexibility index (Phi) is 19.6. The predicted octanol–water partition coefficient (Wildman–Crippen LogP) is 11.3. The van der Waals surface area contributed by atoms with Crippen LogP contribution >= 0.6 is 12.0 Å². The van der Waals surface area contributed by atoms with Crippen LogP contribution in [-0.2, 0) is 60.0 Å². The van der Waals surface area contributed by atoms with Gasteiger partial charge in [-0.3, -0.25) is 18.7 Å². The number of ether oxygens (including phenoxy) is 2. The van der Waals surface area contributed by atoms with Crippen LogP contribution < -0.4 is 9.64 Å². The van der Waals surface area contributed by atoms with E-state index in [0.29, 0.717) is 73.8 Å². The summed E-state index contributed by atoms with van der Waals surface area (Å²) in [5.41, 5.74) is 5.69. The third kappa shape index (κ3) is 14.5. The maximum Gasteiger partial charge on any atom is 0.333 e. The largest absolute Gasteiger partial charge is 0.457 e. The predicted molar refractivity (Wildman–Crippen MR) is 300 cm³/mol. The minimum absolute atomic E-state index is 0.0100. The summed E-state index contributed by atoms with van der Waals surface area (Å²) in [5, 5.41) is 13.7. The molecule has 0 spiro atoms. The zero-order valence-corrected chi connectivity index (χ0v) is 49.2. The van der Waals surface area contributed by atoms with Crippen molar-refractivity contribution in [3.8, 4) is 5.75 Å². The molecule has 3 N–H and O–H groups in total. The number of fused-ring (bicyclic) bond motifs is 2. The Balaban J connectivity index is 1.28. The highest BCUT2D eigenvalue weighted by Crippen LogP contribution is 2.56. The summed E-state index contributed by atoms with van der Waals surface area (Å²) in [6.07, 6.45) is 19.6. The molecule has 1 fully saturated rings. The van der Waals surface area contributed by atoms with Crippen LogP contribution in [0.4, 0.5) is 5.69 Å². The van der Waals surface area contributed by atoms with Gasteiger partial charge < -0.3 is 19.2 Å². The van der Waals surface area contributed by atoms with Gasteiger partial charge in [0.2, 0.25) is 0 Å². The highest BCUT2D eigenvalue weighted by molar-refractivity contribution is 7.98. The topological polar surface area (TPSA) is 236 Å². The summed E-state index contributed by atoms with van der Waals surface area (Å²) in [4.78, 5) is 43.9. The Morgan fingerprint density at radius 2 is 1.57 bits per heavy atom. The van der Waals surface area contributed by atoms with Gasteiger partial charge >= 0.3 is 5.97 Å². The van der Waals surface area contributed by atoms with Gasteiger partial charge in [-0.15, -0.1) is 9.40 Å². The van der Waals surface area contributed by atoms with Crippen molar-refractivity contribution in [1.29, 1.82) is 0 Å². The second kappa shape index (κ2) is 25.3. The summed E-state index contributed by atoms with van der Waals surface area (Å²) in [6.45, 7) is 20.8. The molecule has 3 aliphatic heterocycles. The van der Waals surface area contributed by atoms with Crippen molar-refractivity contribution < 1.29 is 73.8 Å². The van der Waals surface area contributed by atoms with Crippen LogP contribution in [0, 0.1) is 23.7 Å². The lowest BCUT2D eigenvalue weighted by Crippen LogP contribution is -2.49.